The van der Waals surface area contributed by atoms with Crippen LogP contribution in [0.15, 0.2) is 121 Å². The van der Waals surface area contributed by atoms with Crippen molar-refractivity contribution in [3.63, 3.8) is 0 Å². The Balaban J connectivity index is 0.000000150. The number of halogens is 4. The maximum Gasteiger partial charge on any atom is 0.134 e. The molecular weight excluding hydrogens is 814 g/mol. The Hall–Kier alpha value is -5.60. The maximum atomic E-state index is 14.7. The van der Waals surface area contributed by atoms with E-state index in [1.165, 1.54) is 34.8 Å². The van der Waals surface area contributed by atoms with Crippen molar-refractivity contribution in [3.8, 4) is 32.3 Å². The third-order valence-electron chi connectivity index (χ3n) is 9.91. The number of hydrogen-bond acceptors (Lipinski definition) is 8. The Labute approximate surface area is 349 Å². The second-order valence-corrected chi connectivity index (χ2v) is 16.2. The van der Waals surface area contributed by atoms with Crippen LogP contribution in [0.4, 0.5) is 8.78 Å². The van der Waals surface area contributed by atoms with Gasteiger partial charge >= 0.3 is 0 Å². The quantitative estimate of drug-likeness (QED) is 0.157. The lowest BCUT2D eigenvalue weighted by atomic mass is 10.1. The number of aromatic nitrogens is 6. The van der Waals surface area contributed by atoms with Crippen molar-refractivity contribution >= 4 is 89.7 Å². The van der Waals surface area contributed by atoms with Gasteiger partial charge in [0, 0.05) is 43.8 Å². The molecule has 6 heterocycles. The van der Waals surface area contributed by atoms with Gasteiger partial charge in [-0.25, -0.2) is 18.7 Å². The van der Waals surface area contributed by atoms with Crippen LogP contribution < -0.4 is 11.5 Å². The zero-order chi connectivity index (χ0) is 39.9. The largest absolute Gasteiger partial charge is 0.330 e. The molecule has 0 radical (unpaired) electrons. The Morgan fingerprint density at radius 2 is 1.00 bits per heavy atom. The highest BCUT2D eigenvalue weighted by Crippen LogP contribution is 2.37. The van der Waals surface area contributed by atoms with Crippen molar-refractivity contribution in [3.05, 3.63) is 154 Å². The van der Waals surface area contributed by atoms with Crippen LogP contribution in [-0.2, 0) is 12.8 Å². The number of benzene rings is 4. The van der Waals surface area contributed by atoms with E-state index in [0.717, 1.165) is 77.9 Å². The summed E-state index contributed by atoms with van der Waals surface area (Å²) in [4.78, 5) is 19.5. The molecule has 0 saturated heterocycles. The highest BCUT2D eigenvalue weighted by atomic mass is 35.5. The van der Waals surface area contributed by atoms with E-state index in [1.54, 1.807) is 25.0 Å². The first-order valence-corrected chi connectivity index (χ1v) is 20.8. The first-order chi connectivity index (χ1) is 28.3. The fraction of sp³-hybridized carbons (Fsp3) is 0.0909. The second kappa shape index (κ2) is 16.0. The Bertz CT molecular complexity index is 2900. The lowest BCUT2D eigenvalue weighted by molar-refractivity contribution is 0.633. The van der Waals surface area contributed by atoms with Crippen molar-refractivity contribution in [2.75, 3.05) is 13.1 Å². The topological polar surface area (TPSA) is 113 Å². The van der Waals surface area contributed by atoms with Crippen molar-refractivity contribution in [1.82, 2.24) is 29.1 Å². The normalized spacial score (nSPS) is 11.6. The Kier molecular flexibility index (Phi) is 10.5. The van der Waals surface area contributed by atoms with E-state index in [2.05, 4.69) is 19.9 Å². The van der Waals surface area contributed by atoms with E-state index >= 15 is 0 Å². The van der Waals surface area contributed by atoms with Crippen LogP contribution in [0.25, 0.3) is 76.1 Å². The van der Waals surface area contributed by atoms with Gasteiger partial charge in [-0.1, -0.05) is 47.5 Å². The molecule has 0 unspecified atom stereocenters. The summed E-state index contributed by atoms with van der Waals surface area (Å²) in [6, 6.07) is 26.1. The summed E-state index contributed by atoms with van der Waals surface area (Å²) in [5.74, 6) is -0.580. The number of rotatable bonds is 8. The molecule has 0 aliphatic rings. The summed E-state index contributed by atoms with van der Waals surface area (Å²) in [6.07, 6.45) is 8.31. The van der Waals surface area contributed by atoms with E-state index in [9.17, 15) is 8.78 Å². The number of hydrogen-bond donors (Lipinski definition) is 2. The average molecular weight is 846 g/mol. The van der Waals surface area contributed by atoms with Gasteiger partial charge in [0.15, 0.2) is 0 Å². The van der Waals surface area contributed by atoms with E-state index in [0.29, 0.717) is 45.3 Å². The lowest BCUT2D eigenvalue weighted by Crippen LogP contribution is -2.03. The van der Waals surface area contributed by atoms with Gasteiger partial charge in [0.05, 0.1) is 55.9 Å². The molecule has 0 atom stereocenters. The minimum Gasteiger partial charge on any atom is -0.330 e. The molecule has 0 saturated carbocycles. The number of thiophene rings is 2. The zero-order valence-electron chi connectivity index (χ0n) is 30.5. The second-order valence-electron chi connectivity index (χ2n) is 13.5. The molecule has 4 N–H and O–H groups in total. The van der Waals surface area contributed by atoms with Crippen molar-refractivity contribution in [2.24, 2.45) is 11.5 Å². The van der Waals surface area contributed by atoms with Crippen molar-refractivity contribution < 1.29 is 8.78 Å². The first kappa shape index (κ1) is 37.9. The molecule has 4 aromatic carbocycles. The summed E-state index contributed by atoms with van der Waals surface area (Å²) in [6.45, 7) is 1.13. The lowest BCUT2D eigenvalue weighted by Gasteiger charge is -2.11. The molecule has 10 rings (SSSR count). The zero-order valence-corrected chi connectivity index (χ0v) is 33.7. The Morgan fingerprint density at radius 1 is 0.552 bits per heavy atom. The fourth-order valence-corrected chi connectivity index (χ4v) is 9.25. The molecule has 0 amide bonds. The number of nitrogens with zero attached hydrogens (tertiary/aromatic N) is 6. The molecule has 8 nitrogen and oxygen atoms in total. The van der Waals surface area contributed by atoms with Crippen molar-refractivity contribution in [1.29, 1.82) is 0 Å². The van der Waals surface area contributed by atoms with E-state index in [1.807, 2.05) is 92.7 Å². The van der Waals surface area contributed by atoms with E-state index in [-0.39, 0.29) is 11.6 Å². The molecule has 10 aromatic rings. The van der Waals surface area contributed by atoms with Crippen LogP contribution in [-0.4, -0.2) is 42.2 Å². The van der Waals surface area contributed by atoms with Crippen molar-refractivity contribution in [2.45, 2.75) is 12.8 Å². The van der Waals surface area contributed by atoms with E-state index in [4.69, 9.17) is 34.7 Å². The summed E-state index contributed by atoms with van der Waals surface area (Å²) in [5.41, 5.74) is 20.5. The van der Waals surface area contributed by atoms with Gasteiger partial charge in [-0.15, -0.1) is 22.7 Å². The smallest absolute Gasteiger partial charge is 0.134 e. The highest BCUT2D eigenvalue weighted by Gasteiger charge is 2.18. The molecule has 6 aromatic heterocycles. The van der Waals surface area contributed by atoms with Gasteiger partial charge in [0.25, 0.3) is 0 Å². The Morgan fingerprint density at radius 3 is 1.38 bits per heavy atom. The predicted molar refractivity (Wildman–Crippen MR) is 235 cm³/mol. The molecule has 288 valence electrons. The molecule has 0 aliphatic heterocycles. The van der Waals surface area contributed by atoms with Crippen LogP contribution in [0, 0.1) is 11.6 Å². The molecule has 0 bridgehead atoms. The predicted octanol–water partition coefficient (Wildman–Crippen LogP) is 11.2. The fourth-order valence-electron chi connectivity index (χ4n) is 7.17. The summed E-state index contributed by atoms with van der Waals surface area (Å²) < 4.78 is 33.3. The van der Waals surface area contributed by atoms with Crippen LogP contribution in [0.1, 0.15) is 11.1 Å². The van der Waals surface area contributed by atoms with Crippen LogP contribution >= 0.6 is 45.9 Å². The third kappa shape index (κ3) is 7.02. The van der Waals surface area contributed by atoms with Gasteiger partial charge < -0.3 is 11.5 Å². The molecule has 0 aliphatic carbocycles. The first-order valence-electron chi connectivity index (χ1n) is 18.3. The van der Waals surface area contributed by atoms with Crippen LogP contribution in [0.2, 0.25) is 10.0 Å². The number of imidazole rings is 2. The van der Waals surface area contributed by atoms with Gasteiger partial charge in [-0.3, -0.25) is 19.1 Å². The number of nitrogens with two attached hydrogens (primary N) is 2. The molecule has 0 spiro atoms. The van der Waals surface area contributed by atoms with Gasteiger partial charge in [-0.2, -0.15) is 0 Å². The average Bonchev–Trinajstić information content (AvgIpc) is 4.06. The summed E-state index contributed by atoms with van der Waals surface area (Å²) in [7, 11) is 0. The molecule has 58 heavy (non-hydrogen) atoms. The SMILES string of the molecule is NCCc1ccc(-n2cnc3cnc4cc(F)c(-c5cccs5)cc4c32)c(Cl)c1.NCCc1ccc(-n2cnc3cnc4cc(F)c(-c5cccs5)cc4c32)c(Cl)c1. The number of pyridine rings is 2. The molecular formula is C44H32Cl2F2N8S2. The third-order valence-corrected chi connectivity index (χ3v) is 12.3. The molecule has 14 heteroatoms. The minimum absolute atomic E-state index is 0.290. The van der Waals surface area contributed by atoms with E-state index < -0.39 is 0 Å². The van der Waals surface area contributed by atoms with Crippen LogP contribution in [0.3, 0.4) is 0 Å². The highest BCUT2D eigenvalue weighted by molar-refractivity contribution is 7.13. The van der Waals surface area contributed by atoms with Gasteiger partial charge in [-0.05, 0) is 96.3 Å². The van der Waals surface area contributed by atoms with Crippen LogP contribution in [0.5, 0.6) is 0 Å². The summed E-state index contributed by atoms with van der Waals surface area (Å²) in [5, 5.41) is 6.75. The van der Waals surface area contributed by atoms with Gasteiger partial charge in [0.2, 0.25) is 0 Å². The maximum absolute atomic E-state index is 14.7. The number of fused-ring (bicyclic) bond motifs is 6. The standard InChI is InChI=1S/2C22H16ClFN4S/c2*23-16-8-13(5-6-25)3-4-20(16)28-12-27-19-11-26-18-10-17(24)14(9-15(18)22(19)28)21-2-1-7-29-21/h2*1-4,7-12H,5-6,25H2. The summed E-state index contributed by atoms with van der Waals surface area (Å²) >= 11 is 16.2. The monoisotopic (exact) mass is 844 g/mol. The molecule has 0 fully saturated rings. The van der Waals surface area contributed by atoms with Gasteiger partial charge in [0.1, 0.15) is 35.3 Å². The minimum atomic E-state index is -0.290.